The summed E-state index contributed by atoms with van der Waals surface area (Å²) in [4.78, 5) is 17.1. The predicted octanol–water partition coefficient (Wildman–Crippen LogP) is 3.57. The van der Waals surface area contributed by atoms with Crippen molar-refractivity contribution in [3.8, 4) is 5.75 Å². The summed E-state index contributed by atoms with van der Waals surface area (Å²) < 4.78 is 5.27. The minimum Gasteiger partial charge on any atom is -0.497 e. The fourth-order valence-electron chi connectivity index (χ4n) is 3.46. The van der Waals surface area contributed by atoms with Crippen LogP contribution in [0.3, 0.4) is 0 Å². The number of likely N-dealkylation sites (tertiary alicyclic amines) is 1. The number of amides is 1. The zero-order valence-electron chi connectivity index (χ0n) is 15.0. The van der Waals surface area contributed by atoms with Crippen molar-refractivity contribution >= 4 is 11.6 Å². The highest BCUT2D eigenvalue weighted by Gasteiger charge is 2.28. The van der Waals surface area contributed by atoms with Crippen LogP contribution in [0.2, 0.25) is 0 Å². The van der Waals surface area contributed by atoms with Crippen LogP contribution in [0, 0.1) is 5.92 Å². The van der Waals surface area contributed by atoms with Crippen molar-refractivity contribution in [3.05, 3.63) is 60.2 Å². The van der Waals surface area contributed by atoms with Gasteiger partial charge < -0.3 is 9.64 Å². The third-order valence-corrected chi connectivity index (χ3v) is 4.87. The predicted molar refractivity (Wildman–Crippen MR) is 101 cm³/mol. The number of benzene rings is 2. The van der Waals surface area contributed by atoms with E-state index in [0.717, 1.165) is 43.9 Å². The molecule has 1 aliphatic heterocycles. The Balaban J connectivity index is 1.64. The van der Waals surface area contributed by atoms with Crippen LogP contribution in [0.25, 0.3) is 0 Å². The first-order valence-electron chi connectivity index (χ1n) is 8.85. The van der Waals surface area contributed by atoms with E-state index >= 15 is 0 Å². The van der Waals surface area contributed by atoms with E-state index in [0.29, 0.717) is 0 Å². The quantitative estimate of drug-likeness (QED) is 0.835. The van der Waals surface area contributed by atoms with Gasteiger partial charge in [-0.05, 0) is 37.1 Å². The lowest BCUT2D eigenvalue weighted by Crippen LogP contribution is -2.43. The fraction of sp³-hybridized carbons (Fsp3) is 0.381. The first kappa shape index (κ1) is 17.5. The zero-order chi connectivity index (χ0) is 17.6. The van der Waals surface area contributed by atoms with E-state index in [9.17, 15) is 4.79 Å². The van der Waals surface area contributed by atoms with Crippen LogP contribution >= 0.6 is 0 Å². The van der Waals surface area contributed by atoms with Crippen molar-refractivity contribution < 1.29 is 9.53 Å². The van der Waals surface area contributed by atoms with E-state index in [-0.39, 0.29) is 11.8 Å². The Morgan fingerprint density at radius 1 is 1.20 bits per heavy atom. The summed E-state index contributed by atoms with van der Waals surface area (Å²) >= 11 is 0. The van der Waals surface area contributed by atoms with Crippen LogP contribution in [-0.2, 0) is 11.3 Å². The Hall–Kier alpha value is -2.33. The van der Waals surface area contributed by atoms with Gasteiger partial charge >= 0.3 is 0 Å². The van der Waals surface area contributed by atoms with Gasteiger partial charge in [0.05, 0.1) is 13.0 Å². The molecule has 2 aromatic carbocycles. The Morgan fingerprint density at radius 2 is 2.00 bits per heavy atom. The Morgan fingerprint density at radius 3 is 2.76 bits per heavy atom. The van der Waals surface area contributed by atoms with Gasteiger partial charge in [0.2, 0.25) is 5.91 Å². The number of methoxy groups -OCH3 is 1. The molecule has 1 atom stereocenters. The van der Waals surface area contributed by atoms with Crippen molar-refractivity contribution in [3.63, 3.8) is 0 Å². The van der Waals surface area contributed by atoms with Gasteiger partial charge in [-0.2, -0.15) is 0 Å². The maximum absolute atomic E-state index is 13.0. The Kier molecular flexibility index (Phi) is 5.71. The smallest absolute Gasteiger partial charge is 0.231 e. The van der Waals surface area contributed by atoms with Gasteiger partial charge in [0.25, 0.3) is 0 Å². The molecular formula is C21H26N2O2. The SMILES string of the molecule is COc1cccc(N(C)C(=O)[C@H]2CCCN(Cc3ccccc3)C2)c1. The Labute approximate surface area is 150 Å². The molecule has 1 saturated heterocycles. The van der Waals surface area contributed by atoms with E-state index in [2.05, 4.69) is 29.2 Å². The third-order valence-electron chi connectivity index (χ3n) is 4.87. The molecule has 0 saturated carbocycles. The molecule has 4 nitrogen and oxygen atoms in total. The van der Waals surface area contributed by atoms with Crippen LogP contribution in [0.5, 0.6) is 5.75 Å². The van der Waals surface area contributed by atoms with E-state index in [1.165, 1.54) is 5.56 Å². The van der Waals surface area contributed by atoms with Gasteiger partial charge in [-0.1, -0.05) is 36.4 Å². The summed E-state index contributed by atoms with van der Waals surface area (Å²) in [5.74, 6) is 1.01. The van der Waals surface area contributed by atoms with Gasteiger partial charge in [-0.3, -0.25) is 9.69 Å². The molecule has 0 bridgehead atoms. The van der Waals surface area contributed by atoms with E-state index in [4.69, 9.17) is 4.74 Å². The van der Waals surface area contributed by atoms with Gasteiger partial charge in [-0.15, -0.1) is 0 Å². The number of hydrogen-bond donors (Lipinski definition) is 0. The van der Waals surface area contributed by atoms with Gasteiger partial charge in [0, 0.05) is 31.9 Å². The molecule has 1 amide bonds. The molecule has 3 rings (SSSR count). The van der Waals surface area contributed by atoms with Crippen molar-refractivity contribution in [2.75, 3.05) is 32.1 Å². The van der Waals surface area contributed by atoms with Crippen molar-refractivity contribution in [1.82, 2.24) is 4.90 Å². The van der Waals surface area contributed by atoms with E-state index in [1.807, 2.05) is 37.4 Å². The fourth-order valence-corrected chi connectivity index (χ4v) is 3.46. The molecule has 1 aliphatic rings. The van der Waals surface area contributed by atoms with Crippen LogP contribution in [0.15, 0.2) is 54.6 Å². The molecule has 0 spiro atoms. The molecule has 0 N–H and O–H groups in total. The lowest BCUT2D eigenvalue weighted by atomic mass is 9.96. The number of carbonyl (C=O) groups is 1. The minimum atomic E-state index is 0.0497. The second kappa shape index (κ2) is 8.17. The van der Waals surface area contributed by atoms with Gasteiger partial charge in [0.15, 0.2) is 0 Å². The van der Waals surface area contributed by atoms with Crippen LogP contribution in [-0.4, -0.2) is 38.1 Å². The van der Waals surface area contributed by atoms with Crippen molar-refractivity contribution in [2.45, 2.75) is 19.4 Å². The summed E-state index contributed by atoms with van der Waals surface area (Å²) in [6.45, 7) is 2.79. The monoisotopic (exact) mass is 338 g/mol. The normalized spacial score (nSPS) is 17.9. The number of hydrogen-bond acceptors (Lipinski definition) is 3. The minimum absolute atomic E-state index is 0.0497. The number of ether oxygens (including phenoxy) is 1. The molecule has 0 aromatic heterocycles. The molecule has 1 heterocycles. The molecule has 4 heteroatoms. The van der Waals surface area contributed by atoms with Crippen LogP contribution in [0.1, 0.15) is 18.4 Å². The second-order valence-corrected chi connectivity index (χ2v) is 6.66. The van der Waals surface area contributed by atoms with E-state index in [1.54, 1.807) is 12.0 Å². The second-order valence-electron chi connectivity index (χ2n) is 6.66. The van der Waals surface area contributed by atoms with Crippen molar-refractivity contribution in [1.29, 1.82) is 0 Å². The van der Waals surface area contributed by atoms with Crippen LogP contribution in [0.4, 0.5) is 5.69 Å². The largest absolute Gasteiger partial charge is 0.497 e. The summed E-state index contributed by atoms with van der Waals surface area (Å²) in [5, 5.41) is 0. The number of piperidine rings is 1. The summed E-state index contributed by atoms with van der Waals surface area (Å²) in [5.41, 5.74) is 2.18. The van der Waals surface area contributed by atoms with Crippen LogP contribution < -0.4 is 9.64 Å². The first-order valence-corrected chi connectivity index (χ1v) is 8.85. The average Bonchev–Trinajstić information content (AvgIpc) is 2.68. The molecule has 132 valence electrons. The van der Waals surface area contributed by atoms with Gasteiger partial charge in [0.1, 0.15) is 5.75 Å². The first-order chi connectivity index (χ1) is 12.2. The summed E-state index contributed by atoms with van der Waals surface area (Å²) in [6, 6.07) is 18.1. The topological polar surface area (TPSA) is 32.8 Å². The molecule has 0 radical (unpaired) electrons. The lowest BCUT2D eigenvalue weighted by molar-refractivity contribution is -0.123. The maximum Gasteiger partial charge on any atom is 0.231 e. The highest BCUT2D eigenvalue weighted by Crippen LogP contribution is 2.25. The number of rotatable bonds is 5. The highest BCUT2D eigenvalue weighted by atomic mass is 16.5. The maximum atomic E-state index is 13.0. The van der Waals surface area contributed by atoms with E-state index < -0.39 is 0 Å². The standard InChI is InChI=1S/C21H26N2O2/c1-22(19-11-6-12-20(14-19)25-2)21(24)18-10-7-13-23(16-18)15-17-8-4-3-5-9-17/h3-6,8-9,11-12,14,18H,7,10,13,15-16H2,1-2H3/t18-/m0/s1. The number of carbonyl (C=O) groups excluding carboxylic acids is 1. The molecule has 2 aromatic rings. The summed E-state index contributed by atoms with van der Waals surface area (Å²) in [7, 11) is 3.50. The Bertz CT molecular complexity index is 702. The molecule has 0 unspecified atom stereocenters. The highest BCUT2D eigenvalue weighted by molar-refractivity contribution is 5.94. The van der Waals surface area contributed by atoms with Gasteiger partial charge in [-0.25, -0.2) is 0 Å². The van der Waals surface area contributed by atoms with Crippen molar-refractivity contribution in [2.24, 2.45) is 5.92 Å². The number of anilines is 1. The zero-order valence-corrected chi connectivity index (χ0v) is 15.0. The molecule has 1 fully saturated rings. The average molecular weight is 338 g/mol. The molecule has 0 aliphatic carbocycles. The lowest BCUT2D eigenvalue weighted by Gasteiger charge is -2.34. The molecule has 25 heavy (non-hydrogen) atoms. The number of nitrogens with zero attached hydrogens (tertiary/aromatic N) is 2. The molecular weight excluding hydrogens is 312 g/mol. The third kappa shape index (κ3) is 4.40. The summed E-state index contributed by atoms with van der Waals surface area (Å²) in [6.07, 6.45) is 2.02.